The van der Waals surface area contributed by atoms with Gasteiger partial charge in [-0.05, 0) is 0 Å². The molecular weight excluding hydrogens is 293 g/mol. The van der Waals surface area contributed by atoms with Gasteiger partial charge in [-0.2, -0.15) is 0 Å². The molecule has 0 amide bonds. The van der Waals surface area contributed by atoms with Gasteiger partial charge in [0.15, 0.2) is 0 Å². The molecule has 2 radical (unpaired) electrons. The normalized spacial score (nSPS) is 9.12. The van der Waals surface area contributed by atoms with Crippen molar-refractivity contribution >= 4 is 28.0 Å². The molecular formula is C7H7Bi+2. The van der Waals surface area contributed by atoms with Gasteiger partial charge in [0.05, 0.1) is 0 Å². The molecule has 0 aliphatic heterocycles. The Kier molecular flexibility index (Phi) is 2.02. The molecule has 1 aromatic carbocycles. The first-order valence-corrected chi connectivity index (χ1v) is 4.29. The van der Waals surface area contributed by atoms with Crippen LogP contribution in [0.3, 0.4) is 0 Å². The molecule has 0 nitrogen and oxygen atoms in total. The molecule has 1 heteroatoms. The van der Waals surface area contributed by atoms with Crippen LogP contribution in [0.4, 0.5) is 0 Å². The van der Waals surface area contributed by atoms with Gasteiger partial charge in [0, 0.05) is 0 Å². The molecule has 0 atom stereocenters. The third kappa shape index (κ3) is 1.29. The number of aryl methyl sites for hydroxylation is 1. The van der Waals surface area contributed by atoms with Gasteiger partial charge < -0.3 is 0 Å². The Labute approximate surface area is 64.8 Å². The molecule has 0 aromatic heterocycles. The van der Waals surface area contributed by atoms with Crippen molar-refractivity contribution in [2.75, 3.05) is 0 Å². The second-order valence-electron chi connectivity index (χ2n) is 1.79. The average Bonchev–Trinajstić information content (AvgIpc) is 1.77. The zero-order chi connectivity index (χ0) is 5.98. The van der Waals surface area contributed by atoms with E-state index in [4.69, 9.17) is 0 Å². The fraction of sp³-hybridized carbons (Fsp3) is 0.143. The summed E-state index contributed by atoms with van der Waals surface area (Å²) >= 11 is 1.36. The van der Waals surface area contributed by atoms with E-state index in [0.717, 1.165) is 0 Å². The first-order chi connectivity index (χ1) is 3.80. The molecule has 8 heavy (non-hydrogen) atoms. The number of benzene rings is 1. The summed E-state index contributed by atoms with van der Waals surface area (Å²) in [6.07, 6.45) is 0. The molecule has 0 N–H and O–H groups in total. The van der Waals surface area contributed by atoms with E-state index in [-0.39, 0.29) is 0 Å². The van der Waals surface area contributed by atoms with Crippen molar-refractivity contribution in [1.82, 2.24) is 0 Å². The van der Waals surface area contributed by atoms with Gasteiger partial charge in [-0.15, -0.1) is 0 Å². The predicted octanol–water partition coefficient (Wildman–Crippen LogP) is 0.789. The minimum absolute atomic E-state index is 1.36. The topological polar surface area (TPSA) is 0 Å². The zero-order valence-electron chi connectivity index (χ0n) is 4.76. The zero-order valence-corrected chi connectivity index (χ0v) is 8.23. The van der Waals surface area contributed by atoms with Crippen LogP contribution in [0, 0.1) is 6.92 Å². The molecule has 0 aliphatic carbocycles. The quantitative estimate of drug-likeness (QED) is 0.622. The fourth-order valence-corrected chi connectivity index (χ4v) is 1.19. The molecule has 0 fully saturated rings. The molecule has 0 heterocycles. The first-order valence-electron chi connectivity index (χ1n) is 2.55. The van der Waals surface area contributed by atoms with Crippen molar-refractivity contribution in [2.45, 2.75) is 6.92 Å². The summed E-state index contributed by atoms with van der Waals surface area (Å²) in [7, 11) is 0. The van der Waals surface area contributed by atoms with Crippen LogP contribution >= 0.6 is 0 Å². The van der Waals surface area contributed by atoms with Gasteiger partial charge in [0.1, 0.15) is 0 Å². The van der Waals surface area contributed by atoms with E-state index in [9.17, 15) is 0 Å². The molecule has 0 aliphatic rings. The van der Waals surface area contributed by atoms with Crippen LogP contribution in [0.2, 0.25) is 0 Å². The van der Waals surface area contributed by atoms with Gasteiger partial charge >= 0.3 is 64.7 Å². The van der Waals surface area contributed by atoms with Gasteiger partial charge in [0.2, 0.25) is 0 Å². The maximum absolute atomic E-state index is 2.17. The Hall–Kier alpha value is 0.103. The third-order valence-corrected chi connectivity index (χ3v) is 3.07. The minimum atomic E-state index is 1.36. The van der Waals surface area contributed by atoms with E-state index < -0.39 is 0 Å². The van der Waals surface area contributed by atoms with Crippen LogP contribution in [0.1, 0.15) is 5.56 Å². The van der Waals surface area contributed by atoms with Crippen LogP contribution in [0.25, 0.3) is 0 Å². The summed E-state index contributed by atoms with van der Waals surface area (Å²) in [6, 6.07) is 8.48. The third-order valence-electron chi connectivity index (χ3n) is 1.12. The maximum atomic E-state index is 2.17. The van der Waals surface area contributed by atoms with Crippen molar-refractivity contribution in [1.29, 1.82) is 0 Å². The van der Waals surface area contributed by atoms with Gasteiger partial charge in [-0.1, -0.05) is 0 Å². The summed E-state index contributed by atoms with van der Waals surface area (Å²) in [6.45, 7) is 2.15. The van der Waals surface area contributed by atoms with E-state index in [2.05, 4.69) is 31.2 Å². The predicted molar refractivity (Wildman–Crippen MR) is 36.6 cm³/mol. The summed E-state index contributed by atoms with van der Waals surface area (Å²) in [5, 5.41) is 0. The van der Waals surface area contributed by atoms with Crippen molar-refractivity contribution < 1.29 is 0 Å². The Morgan fingerprint density at radius 1 is 1.25 bits per heavy atom. The van der Waals surface area contributed by atoms with E-state index >= 15 is 0 Å². The average molecular weight is 300 g/mol. The summed E-state index contributed by atoms with van der Waals surface area (Å²) in [4.78, 5) is 0. The van der Waals surface area contributed by atoms with Crippen molar-refractivity contribution in [2.24, 2.45) is 0 Å². The van der Waals surface area contributed by atoms with Crippen LogP contribution < -0.4 is 3.27 Å². The molecule has 0 bridgehead atoms. The van der Waals surface area contributed by atoms with E-state index in [1.165, 1.54) is 33.6 Å². The van der Waals surface area contributed by atoms with Crippen LogP contribution in [-0.2, 0) is 0 Å². The Morgan fingerprint density at radius 3 is 2.25 bits per heavy atom. The Morgan fingerprint density at radius 2 is 1.88 bits per heavy atom. The molecule has 1 aromatic rings. The molecule has 1 rings (SSSR count). The number of rotatable bonds is 0. The van der Waals surface area contributed by atoms with E-state index in [1.807, 2.05) is 0 Å². The van der Waals surface area contributed by atoms with Gasteiger partial charge in [0.25, 0.3) is 0 Å². The Balaban J connectivity index is 3.13. The van der Waals surface area contributed by atoms with E-state index in [1.54, 1.807) is 0 Å². The summed E-state index contributed by atoms with van der Waals surface area (Å²) < 4.78 is 1.48. The molecule has 0 saturated heterocycles. The SMILES string of the molecule is Cc1cccc[c]1[Bi+2]. The summed E-state index contributed by atoms with van der Waals surface area (Å²) in [5.74, 6) is 0. The molecule has 0 saturated carbocycles. The monoisotopic (exact) mass is 300 g/mol. The second kappa shape index (κ2) is 2.59. The molecule has 0 unspecified atom stereocenters. The molecule has 0 spiro atoms. The van der Waals surface area contributed by atoms with Gasteiger partial charge in [-0.25, -0.2) is 0 Å². The molecule has 38 valence electrons. The number of hydrogen-bond acceptors (Lipinski definition) is 0. The van der Waals surface area contributed by atoms with Crippen LogP contribution in [-0.4, -0.2) is 24.7 Å². The summed E-state index contributed by atoms with van der Waals surface area (Å²) in [5.41, 5.74) is 1.42. The van der Waals surface area contributed by atoms with Gasteiger partial charge in [-0.3, -0.25) is 0 Å². The standard InChI is InChI=1S/C7H7.Bi/c1-7-5-3-2-4-6-7;/h2-5H,1H3;/q;+2. The van der Waals surface area contributed by atoms with Crippen LogP contribution in [0.5, 0.6) is 0 Å². The van der Waals surface area contributed by atoms with Crippen molar-refractivity contribution in [3.63, 3.8) is 0 Å². The fourth-order valence-electron chi connectivity index (χ4n) is 0.563. The first kappa shape index (κ1) is 6.23. The van der Waals surface area contributed by atoms with Crippen molar-refractivity contribution in [3.8, 4) is 0 Å². The van der Waals surface area contributed by atoms with E-state index in [0.29, 0.717) is 0 Å². The number of hydrogen-bond donors (Lipinski definition) is 0. The second-order valence-corrected chi connectivity index (χ2v) is 3.66. The van der Waals surface area contributed by atoms with Crippen LogP contribution in [0.15, 0.2) is 24.3 Å². The van der Waals surface area contributed by atoms with Crippen molar-refractivity contribution in [3.05, 3.63) is 29.8 Å². The Bertz CT molecular complexity index is 160.